The Hall–Kier alpha value is -3.12. The summed E-state index contributed by atoms with van der Waals surface area (Å²) >= 11 is 3.38. The minimum absolute atomic E-state index is 0.0788. The first kappa shape index (κ1) is 22.6. The first-order valence-corrected chi connectivity index (χ1v) is 10.8. The number of piperidine rings is 1. The molecular weight excluding hydrogens is 464 g/mol. The van der Waals surface area contributed by atoms with E-state index in [9.17, 15) is 9.59 Å². The van der Waals surface area contributed by atoms with Crippen LogP contribution in [-0.2, 0) is 9.59 Å². The van der Waals surface area contributed by atoms with E-state index in [0.717, 1.165) is 0 Å². The molecule has 0 bridgehead atoms. The van der Waals surface area contributed by atoms with Gasteiger partial charge in [0.25, 0.3) is 5.91 Å². The van der Waals surface area contributed by atoms with Gasteiger partial charge in [-0.3, -0.25) is 9.59 Å². The highest BCUT2D eigenvalue weighted by atomic mass is 79.9. The predicted molar refractivity (Wildman–Crippen MR) is 118 cm³/mol. The molecule has 3 rings (SSSR count). The van der Waals surface area contributed by atoms with Crippen LogP contribution >= 0.6 is 15.9 Å². The number of rotatable bonds is 7. The van der Waals surface area contributed by atoms with Crippen LogP contribution in [0.25, 0.3) is 0 Å². The second-order valence-electron chi connectivity index (χ2n) is 6.98. The molecule has 0 radical (unpaired) electrons. The van der Waals surface area contributed by atoms with E-state index in [2.05, 4.69) is 32.3 Å². The van der Waals surface area contributed by atoms with Crippen molar-refractivity contribution in [3.05, 3.63) is 46.6 Å². The van der Waals surface area contributed by atoms with Crippen molar-refractivity contribution in [3.63, 3.8) is 0 Å². The molecule has 1 aromatic carbocycles. The standard InChI is InChI=1S/C22H23BrN4O4/c1-2-30-18-12-15(13-24)11-17(23)21(18)31-14-20(28)27-9-6-16(7-10-27)22(29)26-19-5-3-4-8-25-19/h3-5,8,11-12,16H,2,6-7,9-10,14H2,1H3,(H,25,26,29). The van der Waals surface area contributed by atoms with Gasteiger partial charge in [0, 0.05) is 31.3 Å². The number of nitrogens with one attached hydrogen (secondary N) is 1. The maximum Gasteiger partial charge on any atom is 0.260 e. The van der Waals surface area contributed by atoms with Crippen LogP contribution in [0.5, 0.6) is 11.5 Å². The van der Waals surface area contributed by atoms with Crippen molar-refractivity contribution < 1.29 is 19.1 Å². The second-order valence-corrected chi connectivity index (χ2v) is 7.83. The van der Waals surface area contributed by atoms with Crippen molar-refractivity contribution in [2.75, 3.05) is 31.6 Å². The van der Waals surface area contributed by atoms with E-state index in [1.54, 1.807) is 35.4 Å². The number of carbonyl (C=O) groups is 2. The summed E-state index contributed by atoms with van der Waals surface area (Å²) in [6, 6.07) is 10.6. The van der Waals surface area contributed by atoms with Gasteiger partial charge in [0.1, 0.15) is 5.82 Å². The van der Waals surface area contributed by atoms with Crippen molar-refractivity contribution >= 4 is 33.6 Å². The Bertz CT molecular complexity index is 969. The van der Waals surface area contributed by atoms with Crippen LogP contribution in [0.2, 0.25) is 0 Å². The molecule has 1 aliphatic heterocycles. The lowest BCUT2D eigenvalue weighted by atomic mass is 9.96. The largest absolute Gasteiger partial charge is 0.490 e. The third-order valence-electron chi connectivity index (χ3n) is 4.91. The van der Waals surface area contributed by atoms with Crippen LogP contribution in [0.4, 0.5) is 5.82 Å². The molecule has 1 saturated heterocycles. The summed E-state index contributed by atoms with van der Waals surface area (Å²) in [5.41, 5.74) is 0.431. The lowest BCUT2D eigenvalue weighted by Gasteiger charge is -2.31. The van der Waals surface area contributed by atoms with E-state index < -0.39 is 0 Å². The van der Waals surface area contributed by atoms with Crippen LogP contribution in [0, 0.1) is 17.2 Å². The van der Waals surface area contributed by atoms with Crippen LogP contribution in [0.1, 0.15) is 25.3 Å². The van der Waals surface area contributed by atoms with Crippen molar-refractivity contribution in [1.82, 2.24) is 9.88 Å². The first-order valence-electron chi connectivity index (χ1n) is 10.0. The number of pyridine rings is 1. The summed E-state index contributed by atoms with van der Waals surface area (Å²) < 4.78 is 11.8. The molecule has 0 aliphatic carbocycles. The summed E-state index contributed by atoms with van der Waals surface area (Å²) in [7, 11) is 0. The normalized spacial score (nSPS) is 13.9. The van der Waals surface area contributed by atoms with Gasteiger partial charge in [0.05, 0.1) is 22.7 Å². The van der Waals surface area contributed by atoms with Gasteiger partial charge in [0.15, 0.2) is 18.1 Å². The van der Waals surface area contributed by atoms with Crippen molar-refractivity contribution in [1.29, 1.82) is 5.26 Å². The summed E-state index contributed by atoms with van der Waals surface area (Å²) in [4.78, 5) is 30.8. The van der Waals surface area contributed by atoms with E-state index >= 15 is 0 Å². The number of anilines is 1. The summed E-state index contributed by atoms with van der Waals surface area (Å²) in [6.07, 6.45) is 2.78. The number of hydrogen-bond donors (Lipinski definition) is 1. The van der Waals surface area contributed by atoms with E-state index in [4.69, 9.17) is 14.7 Å². The predicted octanol–water partition coefficient (Wildman–Crippen LogP) is 3.37. The number of carbonyl (C=O) groups excluding carboxylic acids is 2. The number of hydrogen-bond acceptors (Lipinski definition) is 6. The third-order valence-corrected chi connectivity index (χ3v) is 5.50. The number of amides is 2. The Morgan fingerprint density at radius 2 is 2.06 bits per heavy atom. The Morgan fingerprint density at radius 3 is 2.71 bits per heavy atom. The van der Waals surface area contributed by atoms with Gasteiger partial charge in [0.2, 0.25) is 5.91 Å². The molecule has 1 N–H and O–H groups in total. The molecule has 0 unspecified atom stereocenters. The van der Waals surface area contributed by atoms with Gasteiger partial charge in [-0.25, -0.2) is 4.98 Å². The van der Waals surface area contributed by atoms with Crippen LogP contribution in [-0.4, -0.2) is 48.0 Å². The molecule has 8 nitrogen and oxygen atoms in total. The Labute approximate surface area is 189 Å². The van der Waals surface area contributed by atoms with E-state index in [1.807, 2.05) is 13.0 Å². The molecule has 1 fully saturated rings. The highest BCUT2D eigenvalue weighted by Gasteiger charge is 2.28. The van der Waals surface area contributed by atoms with Gasteiger partial charge >= 0.3 is 0 Å². The number of likely N-dealkylation sites (tertiary alicyclic amines) is 1. The van der Waals surface area contributed by atoms with Crippen molar-refractivity contribution in [2.45, 2.75) is 19.8 Å². The quantitative estimate of drug-likeness (QED) is 0.642. The molecule has 0 atom stereocenters. The fourth-order valence-electron chi connectivity index (χ4n) is 3.32. The van der Waals surface area contributed by atoms with Gasteiger partial charge in [-0.05, 0) is 53.9 Å². The molecule has 1 aromatic heterocycles. The highest BCUT2D eigenvalue weighted by Crippen LogP contribution is 2.37. The summed E-state index contributed by atoms with van der Waals surface area (Å²) in [5.74, 6) is 0.916. The zero-order valence-electron chi connectivity index (χ0n) is 17.1. The Kier molecular flexibility index (Phi) is 7.84. The van der Waals surface area contributed by atoms with Crippen molar-refractivity contribution in [2.24, 2.45) is 5.92 Å². The van der Waals surface area contributed by atoms with Crippen LogP contribution in [0.3, 0.4) is 0 Å². The number of benzene rings is 1. The van der Waals surface area contributed by atoms with Crippen LogP contribution < -0.4 is 14.8 Å². The fourth-order valence-corrected chi connectivity index (χ4v) is 3.87. The molecular formula is C22H23BrN4O4. The lowest BCUT2D eigenvalue weighted by Crippen LogP contribution is -2.43. The minimum Gasteiger partial charge on any atom is -0.490 e. The van der Waals surface area contributed by atoms with Gasteiger partial charge in [-0.15, -0.1) is 0 Å². The molecule has 9 heteroatoms. The van der Waals surface area contributed by atoms with E-state index in [0.29, 0.717) is 59.9 Å². The second kappa shape index (κ2) is 10.8. The molecule has 162 valence electrons. The molecule has 0 saturated carbocycles. The molecule has 0 spiro atoms. The smallest absolute Gasteiger partial charge is 0.260 e. The zero-order valence-corrected chi connectivity index (χ0v) is 18.7. The molecule has 2 aromatic rings. The lowest BCUT2D eigenvalue weighted by molar-refractivity contribution is -0.136. The van der Waals surface area contributed by atoms with E-state index in [1.165, 1.54) is 0 Å². The first-order chi connectivity index (χ1) is 15.0. The maximum atomic E-state index is 12.6. The molecule has 2 heterocycles. The number of aromatic nitrogens is 1. The fraction of sp³-hybridized carbons (Fsp3) is 0.364. The summed E-state index contributed by atoms with van der Waals surface area (Å²) in [6.45, 7) is 3.04. The molecule has 1 aliphatic rings. The third kappa shape index (κ3) is 5.95. The monoisotopic (exact) mass is 486 g/mol. The minimum atomic E-state index is -0.165. The van der Waals surface area contributed by atoms with Gasteiger partial charge in [-0.2, -0.15) is 5.26 Å². The Morgan fingerprint density at radius 1 is 1.29 bits per heavy atom. The van der Waals surface area contributed by atoms with Gasteiger partial charge < -0.3 is 19.7 Å². The summed E-state index contributed by atoms with van der Waals surface area (Å²) in [5, 5.41) is 11.9. The van der Waals surface area contributed by atoms with Crippen LogP contribution in [0.15, 0.2) is 41.0 Å². The molecule has 31 heavy (non-hydrogen) atoms. The molecule has 2 amide bonds. The number of halogens is 1. The van der Waals surface area contributed by atoms with E-state index in [-0.39, 0.29) is 24.3 Å². The topological polar surface area (TPSA) is 105 Å². The Balaban J connectivity index is 1.53. The zero-order chi connectivity index (χ0) is 22.2. The highest BCUT2D eigenvalue weighted by molar-refractivity contribution is 9.10. The average molecular weight is 487 g/mol. The average Bonchev–Trinajstić information content (AvgIpc) is 2.79. The van der Waals surface area contributed by atoms with Crippen molar-refractivity contribution in [3.8, 4) is 17.6 Å². The number of nitrogens with zero attached hydrogens (tertiary/aromatic N) is 3. The maximum absolute atomic E-state index is 12.6. The number of ether oxygens (including phenoxy) is 2. The van der Waals surface area contributed by atoms with Gasteiger partial charge in [-0.1, -0.05) is 6.07 Å². The SMILES string of the molecule is CCOc1cc(C#N)cc(Br)c1OCC(=O)N1CCC(C(=O)Nc2ccccn2)CC1. The number of nitriles is 1.